The van der Waals surface area contributed by atoms with E-state index in [9.17, 15) is 22.9 Å². The number of ether oxygens (including phenoxy) is 1. The summed E-state index contributed by atoms with van der Waals surface area (Å²) in [5.41, 5.74) is 0.700. The van der Waals surface area contributed by atoms with Gasteiger partial charge in [0.25, 0.3) is 5.69 Å². The molecule has 8 nitrogen and oxygen atoms in total. The highest BCUT2D eigenvalue weighted by Crippen LogP contribution is 2.27. The van der Waals surface area contributed by atoms with E-state index in [1.165, 1.54) is 30.3 Å². The third kappa shape index (κ3) is 5.26. The summed E-state index contributed by atoms with van der Waals surface area (Å²) in [7, 11) is -3.76. The number of hydrogen-bond donors (Lipinski definition) is 1. The Morgan fingerprint density at radius 1 is 1.17 bits per heavy atom. The van der Waals surface area contributed by atoms with Gasteiger partial charge < -0.3 is 10.1 Å². The van der Waals surface area contributed by atoms with E-state index in [0.29, 0.717) is 18.0 Å². The summed E-state index contributed by atoms with van der Waals surface area (Å²) < 4.78 is 42.3. The molecule has 0 aliphatic rings. The summed E-state index contributed by atoms with van der Waals surface area (Å²) in [6.45, 7) is 0.300. The normalized spacial score (nSPS) is 11.1. The summed E-state index contributed by atoms with van der Waals surface area (Å²) in [5.74, 6) is 0.191. The Morgan fingerprint density at radius 3 is 2.59 bits per heavy atom. The molecular weight excluding hydrogens is 401 g/mol. The Hall–Kier alpha value is -3.53. The molecule has 10 heteroatoms. The molecule has 0 saturated heterocycles. The first-order valence-electron chi connectivity index (χ1n) is 8.33. The first-order valence-corrected chi connectivity index (χ1v) is 10.2. The Bertz CT molecular complexity index is 1150. The largest absolute Gasteiger partial charge is 0.439 e. The van der Waals surface area contributed by atoms with E-state index >= 15 is 0 Å². The predicted molar refractivity (Wildman–Crippen MR) is 104 cm³/mol. The lowest BCUT2D eigenvalue weighted by atomic mass is 10.2. The van der Waals surface area contributed by atoms with Gasteiger partial charge in [0.15, 0.2) is 9.84 Å². The number of pyridine rings is 1. The van der Waals surface area contributed by atoms with E-state index in [1.807, 2.05) is 0 Å². The lowest BCUT2D eigenvalue weighted by Crippen LogP contribution is -2.05. The number of benzene rings is 2. The Kier molecular flexibility index (Phi) is 5.74. The van der Waals surface area contributed by atoms with Crippen molar-refractivity contribution < 1.29 is 22.5 Å². The molecule has 3 rings (SSSR count). The molecule has 0 atom stereocenters. The highest BCUT2D eigenvalue weighted by Gasteiger charge is 2.22. The van der Waals surface area contributed by atoms with Gasteiger partial charge in [0, 0.05) is 42.9 Å². The van der Waals surface area contributed by atoms with Crippen molar-refractivity contribution in [3.8, 4) is 11.6 Å². The van der Waals surface area contributed by atoms with Gasteiger partial charge in [0.2, 0.25) is 5.88 Å². The fourth-order valence-corrected chi connectivity index (χ4v) is 3.37. The van der Waals surface area contributed by atoms with Crippen molar-refractivity contribution >= 4 is 21.2 Å². The number of rotatable bonds is 7. The average molecular weight is 417 g/mol. The first kappa shape index (κ1) is 20.2. The molecule has 2 aromatic carbocycles. The summed E-state index contributed by atoms with van der Waals surface area (Å²) in [5, 5.41) is 14.0. The van der Waals surface area contributed by atoms with Gasteiger partial charge in [-0.25, -0.2) is 17.8 Å². The van der Waals surface area contributed by atoms with Crippen LogP contribution < -0.4 is 10.1 Å². The van der Waals surface area contributed by atoms with E-state index in [2.05, 4.69) is 10.3 Å². The molecule has 1 aromatic heterocycles. The predicted octanol–water partition coefficient (Wildman–Crippen LogP) is 3.94. The fraction of sp³-hybridized carbons (Fsp3) is 0.105. The second kappa shape index (κ2) is 8.23. The number of hydrogen-bond acceptors (Lipinski definition) is 7. The average Bonchev–Trinajstić information content (AvgIpc) is 2.66. The number of anilines is 1. The maximum absolute atomic E-state index is 13.2. The van der Waals surface area contributed by atoms with Gasteiger partial charge >= 0.3 is 0 Å². The van der Waals surface area contributed by atoms with Crippen LogP contribution in [0.1, 0.15) is 5.56 Å². The monoisotopic (exact) mass is 417 g/mol. The van der Waals surface area contributed by atoms with Crippen LogP contribution in [0.5, 0.6) is 11.6 Å². The van der Waals surface area contributed by atoms with E-state index in [4.69, 9.17) is 4.74 Å². The van der Waals surface area contributed by atoms with Crippen LogP contribution in [0.3, 0.4) is 0 Å². The molecule has 0 aliphatic carbocycles. The molecule has 150 valence electrons. The summed E-state index contributed by atoms with van der Waals surface area (Å²) in [6.07, 6.45) is 2.46. The zero-order chi connectivity index (χ0) is 21.0. The molecule has 1 heterocycles. The van der Waals surface area contributed by atoms with Crippen molar-refractivity contribution in [1.29, 1.82) is 0 Å². The molecule has 0 fully saturated rings. The summed E-state index contributed by atoms with van der Waals surface area (Å²) >= 11 is 0. The Labute approximate surface area is 166 Å². The molecule has 0 amide bonds. The van der Waals surface area contributed by atoms with E-state index in [1.54, 1.807) is 24.4 Å². The summed E-state index contributed by atoms with van der Waals surface area (Å²) in [6, 6.07) is 12.8. The van der Waals surface area contributed by atoms with Crippen LogP contribution in [-0.4, -0.2) is 24.6 Å². The molecule has 0 bridgehead atoms. The van der Waals surface area contributed by atoms with Gasteiger partial charge in [0.05, 0.1) is 4.92 Å². The van der Waals surface area contributed by atoms with Gasteiger partial charge in [-0.3, -0.25) is 10.1 Å². The highest BCUT2D eigenvalue weighted by molar-refractivity contribution is 7.90. The molecule has 1 N–H and O–H groups in total. The lowest BCUT2D eigenvalue weighted by Gasteiger charge is -2.09. The Balaban J connectivity index is 1.69. The van der Waals surface area contributed by atoms with Crippen molar-refractivity contribution in [2.75, 3.05) is 11.6 Å². The van der Waals surface area contributed by atoms with Crippen LogP contribution in [0, 0.1) is 15.9 Å². The molecule has 29 heavy (non-hydrogen) atoms. The topological polar surface area (TPSA) is 111 Å². The summed E-state index contributed by atoms with van der Waals surface area (Å²) in [4.78, 5) is 14.1. The van der Waals surface area contributed by atoms with E-state index in [-0.39, 0.29) is 10.8 Å². The third-order valence-electron chi connectivity index (χ3n) is 3.87. The maximum atomic E-state index is 13.2. The molecule has 0 radical (unpaired) electrons. The fourth-order valence-electron chi connectivity index (χ4n) is 2.50. The molecule has 0 spiro atoms. The molecule has 0 saturated carbocycles. The molecule has 0 aliphatic heterocycles. The van der Waals surface area contributed by atoms with Crippen molar-refractivity contribution in [2.24, 2.45) is 0 Å². The maximum Gasteiger partial charge on any atom is 0.288 e. The van der Waals surface area contributed by atoms with Gasteiger partial charge in [-0.05, 0) is 29.8 Å². The van der Waals surface area contributed by atoms with Crippen molar-refractivity contribution in [1.82, 2.24) is 4.98 Å². The molecule has 0 unspecified atom stereocenters. The Morgan fingerprint density at radius 2 is 1.97 bits per heavy atom. The number of halogens is 1. The number of nitrogens with zero attached hydrogens (tertiary/aromatic N) is 2. The quantitative estimate of drug-likeness (QED) is 0.458. The van der Waals surface area contributed by atoms with E-state index in [0.717, 1.165) is 17.9 Å². The number of sulfone groups is 1. The van der Waals surface area contributed by atoms with Gasteiger partial charge in [-0.2, -0.15) is 0 Å². The van der Waals surface area contributed by atoms with Gasteiger partial charge in [-0.1, -0.05) is 12.1 Å². The van der Waals surface area contributed by atoms with Crippen LogP contribution in [0.4, 0.5) is 15.8 Å². The lowest BCUT2D eigenvalue weighted by molar-refractivity contribution is -0.387. The van der Waals surface area contributed by atoms with Crippen molar-refractivity contribution in [3.63, 3.8) is 0 Å². The van der Waals surface area contributed by atoms with Gasteiger partial charge in [-0.15, -0.1) is 0 Å². The second-order valence-corrected chi connectivity index (χ2v) is 8.11. The number of nitrogens with one attached hydrogen (secondary N) is 1. The first-order chi connectivity index (χ1) is 13.7. The zero-order valence-electron chi connectivity index (χ0n) is 15.2. The minimum absolute atomic E-state index is 0.286. The van der Waals surface area contributed by atoms with Gasteiger partial charge in [0.1, 0.15) is 16.5 Å². The van der Waals surface area contributed by atoms with Crippen LogP contribution >= 0.6 is 0 Å². The van der Waals surface area contributed by atoms with Crippen molar-refractivity contribution in [2.45, 2.75) is 11.4 Å². The second-order valence-electron chi connectivity index (χ2n) is 6.13. The third-order valence-corrected chi connectivity index (χ3v) is 4.99. The minimum atomic E-state index is -3.76. The van der Waals surface area contributed by atoms with Crippen LogP contribution in [0.15, 0.2) is 65.7 Å². The van der Waals surface area contributed by atoms with Crippen molar-refractivity contribution in [3.05, 3.63) is 82.3 Å². The molecular formula is C19H16FN3O5S. The van der Waals surface area contributed by atoms with Crippen LogP contribution in [0.25, 0.3) is 0 Å². The number of aromatic nitrogens is 1. The number of nitro benzene ring substituents is 1. The zero-order valence-corrected chi connectivity index (χ0v) is 16.0. The minimum Gasteiger partial charge on any atom is -0.439 e. The van der Waals surface area contributed by atoms with E-state index < -0.39 is 26.3 Å². The standard InChI is InChI=1S/C19H16FN3O5S/c1-29(26,27)18-10-15(6-7-17(18)23(24)25)21-11-13-5-8-19(22-12-13)28-16-4-2-3-14(20)9-16/h2-10,12,21H,11H2,1H3. The van der Waals surface area contributed by atoms with Crippen LogP contribution in [0.2, 0.25) is 0 Å². The number of nitro groups is 1. The highest BCUT2D eigenvalue weighted by atomic mass is 32.2. The van der Waals surface area contributed by atoms with Crippen LogP contribution in [-0.2, 0) is 16.4 Å². The molecule has 3 aromatic rings. The smallest absolute Gasteiger partial charge is 0.288 e. The SMILES string of the molecule is CS(=O)(=O)c1cc(NCc2ccc(Oc3cccc(F)c3)nc2)ccc1[N+](=O)[O-].